The number of hydrogen-bond acceptors (Lipinski definition) is 6. The number of carbonyl (C=O) groups excluding carboxylic acids is 1. The Bertz CT molecular complexity index is 764. The molecule has 0 spiro atoms. The van der Waals surface area contributed by atoms with Crippen LogP contribution in [0.2, 0.25) is 0 Å². The molecule has 0 bridgehead atoms. The zero-order chi connectivity index (χ0) is 36.3. The molecule has 1 amide bonds. The maximum atomic E-state index is 12.6. The van der Waals surface area contributed by atoms with Crippen molar-refractivity contribution in [3.05, 3.63) is 0 Å². The molecule has 0 aromatic rings. The summed E-state index contributed by atoms with van der Waals surface area (Å²) in [6, 6.07) is 0. The van der Waals surface area contributed by atoms with Gasteiger partial charge in [-0.05, 0) is 12.8 Å². The molecule has 0 fully saturated rings. The molecule has 0 aliphatic carbocycles. The van der Waals surface area contributed by atoms with Crippen LogP contribution in [0.15, 0.2) is 0 Å². The second-order valence-corrected chi connectivity index (χ2v) is 16.9. The molecule has 0 aliphatic heterocycles. The van der Waals surface area contributed by atoms with Gasteiger partial charge in [-0.1, -0.05) is 174 Å². The molecule has 294 valence electrons. The van der Waals surface area contributed by atoms with Crippen LogP contribution < -0.4 is 10.2 Å². The minimum Gasteiger partial charge on any atom is -0.756 e. The summed E-state index contributed by atoms with van der Waals surface area (Å²) in [5.74, 6) is -0.0738. The summed E-state index contributed by atoms with van der Waals surface area (Å²) in [4.78, 5) is 25.1. The highest BCUT2D eigenvalue weighted by Crippen LogP contribution is 2.39. The summed E-state index contributed by atoms with van der Waals surface area (Å²) in [5, 5.41) is 2.87. The maximum absolute atomic E-state index is 12.6. The number of ether oxygens (including phenoxy) is 1. The van der Waals surface area contributed by atoms with Gasteiger partial charge in [0.15, 0.2) is 0 Å². The smallest absolute Gasteiger partial charge is 0.268 e. The Morgan fingerprint density at radius 1 is 0.612 bits per heavy atom. The summed E-state index contributed by atoms with van der Waals surface area (Å²) < 4.78 is 29.5. The number of hydrogen-bond donors (Lipinski definition) is 1. The van der Waals surface area contributed by atoms with Crippen molar-refractivity contribution in [3.8, 4) is 0 Å². The first-order valence-electron chi connectivity index (χ1n) is 20.9. The van der Waals surface area contributed by atoms with E-state index in [0.29, 0.717) is 24.1 Å². The standard InChI is InChI=1S/C40H83N2O6P/c1-6-8-10-12-14-16-18-20-22-24-26-28-30-32-35-46-38-39(48-49(44,45)47-36-34-42(3,4)5)37-41-40(43)33-31-29-27-25-23-21-19-17-15-13-11-9-7-2/h39H,6-38H2,1-5H3,(H-,41,43,44,45). The molecule has 0 heterocycles. The lowest BCUT2D eigenvalue weighted by Gasteiger charge is -2.30. The van der Waals surface area contributed by atoms with Gasteiger partial charge in [0.25, 0.3) is 7.82 Å². The zero-order valence-corrected chi connectivity index (χ0v) is 34.2. The molecule has 9 heteroatoms. The first-order chi connectivity index (χ1) is 23.6. The maximum Gasteiger partial charge on any atom is 0.268 e. The number of nitrogens with zero attached hydrogens (tertiary/aromatic N) is 1. The number of unbranched alkanes of at least 4 members (excludes halogenated alkanes) is 25. The number of likely N-dealkylation sites (N-methyl/N-ethyl adjacent to an activating group) is 1. The van der Waals surface area contributed by atoms with E-state index in [9.17, 15) is 14.3 Å². The number of quaternary nitrogens is 1. The summed E-state index contributed by atoms with van der Waals surface area (Å²) in [5.41, 5.74) is 0. The SMILES string of the molecule is CCCCCCCCCCCCCCCCOCC(CNC(=O)CCCCCCCCCCCCCCC)OP(=O)([O-])OCC[N+](C)(C)C. The molecular weight excluding hydrogens is 635 g/mol. The molecule has 0 rings (SSSR count). The lowest BCUT2D eigenvalue weighted by molar-refractivity contribution is -0.870. The van der Waals surface area contributed by atoms with Gasteiger partial charge in [-0.15, -0.1) is 0 Å². The number of carbonyl (C=O) groups is 1. The predicted octanol–water partition coefficient (Wildman–Crippen LogP) is 10.7. The van der Waals surface area contributed by atoms with Crippen molar-refractivity contribution in [3.63, 3.8) is 0 Å². The number of nitrogens with one attached hydrogen (secondary N) is 1. The molecule has 49 heavy (non-hydrogen) atoms. The number of phosphoric ester groups is 1. The fraction of sp³-hybridized carbons (Fsp3) is 0.975. The lowest BCUT2D eigenvalue weighted by atomic mass is 10.0. The topological polar surface area (TPSA) is 96.9 Å². The average Bonchev–Trinajstić information content (AvgIpc) is 3.04. The highest BCUT2D eigenvalue weighted by atomic mass is 31.2. The van der Waals surface area contributed by atoms with E-state index in [4.69, 9.17) is 13.8 Å². The summed E-state index contributed by atoms with van der Waals surface area (Å²) in [7, 11) is 1.39. The van der Waals surface area contributed by atoms with Crippen molar-refractivity contribution >= 4 is 13.7 Å². The van der Waals surface area contributed by atoms with Crippen LogP contribution in [-0.2, 0) is 23.1 Å². The molecule has 2 unspecified atom stereocenters. The van der Waals surface area contributed by atoms with E-state index in [0.717, 1.165) is 32.1 Å². The van der Waals surface area contributed by atoms with Gasteiger partial charge in [-0.2, -0.15) is 0 Å². The van der Waals surface area contributed by atoms with Crippen molar-refractivity contribution in [1.29, 1.82) is 0 Å². The molecule has 0 aromatic heterocycles. The van der Waals surface area contributed by atoms with Gasteiger partial charge in [-0.3, -0.25) is 9.36 Å². The Labute approximate surface area is 304 Å². The van der Waals surface area contributed by atoms with E-state index < -0.39 is 13.9 Å². The zero-order valence-electron chi connectivity index (χ0n) is 33.3. The van der Waals surface area contributed by atoms with Crippen LogP contribution in [0.4, 0.5) is 0 Å². The second kappa shape index (κ2) is 34.6. The number of rotatable bonds is 39. The minimum absolute atomic E-state index is 0.0440. The van der Waals surface area contributed by atoms with Gasteiger partial charge in [0.1, 0.15) is 19.3 Å². The van der Waals surface area contributed by atoms with Crippen LogP contribution in [0.3, 0.4) is 0 Å². The van der Waals surface area contributed by atoms with E-state index in [1.165, 1.54) is 141 Å². The second-order valence-electron chi connectivity index (χ2n) is 15.5. The molecule has 0 saturated heterocycles. The fourth-order valence-electron chi connectivity index (χ4n) is 6.00. The Morgan fingerprint density at radius 2 is 1.00 bits per heavy atom. The number of amides is 1. The van der Waals surface area contributed by atoms with Crippen LogP contribution in [0, 0.1) is 0 Å². The number of phosphoric acid groups is 1. The monoisotopic (exact) mass is 719 g/mol. The van der Waals surface area contributed by atoms with E-state index in [-0.39, 0.29) is 25.7 Å². The summed E-state index contributed by atoms with van der Waals surface area (Å²) in [6.07, 6.45) is 34.2. The molecule has 8 nitrogen and oxygen atoms in total. The molecule has 0 saturated carbocycles. The Balaban J connectivity index is 4.19. The minimum atomic E-state index is -4.53. The van der Waals surface area contributed by atoms with Crippen LogP contribution in [0.25, 0.3) is 0 Å². The molecule has 2 atom stereocenters. The third-order valence-electron chi connectivity index (χ3n) is 9.27. The van der Waals surface area contributed by atoms with E-state index >= 15 is 0 Å². The normalized spacial score (nSPS) is 13.8. The van der Waals surface area contributed by atoms with E-state index in [1.54, 1.807) is 0 Å². The molecule has 0 aliphatic rings. The van der Waals surface area contributed by atoms with Gasteiger partial charge in [0, 0.05) is 19.6 Å². The average molecular weight is 719 g/mol. The predicted molar refractivity (Wildman–Crippen MR) is 206 cm³/mol. The van der Waals surface area contributed by atoms with Gasteiger partial charge in [0.05, 0.1) is 27.7 Å². The lowest BCUT2D eigenvalue weighted by Crippen LogP contribution is -2.39. The van der Waals surface area contributed by atoms with Crippen molar-refractivity contribution in [2.45, 2.75) is 200 Å². The van der Waals surface area contributed by atoms with Gasteiger partial charge >= 0.3 is 0 Å². The van der Waals surface area contributed by atoms with Gasteiger partial charge in [0.2, 0.25) is 5.91 Å². The highest BCUT2D eigenvalue weighted by molar-refractivity contribution is 7.45. The van der Waals surface area contributed by atoms with Gasteiger partial charge < -0.3 is 28.5 Å². The highest BCUT2D eigenvalue weighted by Gasteiger charge is 2.21. The van der Waals surface area contributed by atoms with Crippen molar-refractivity contribution < 1.29 is 32.5 Å². The first kappa shape index (κ1) is 48.5. The quantitative estimate of drug-likeness (QED) is 0.0386. The van der Waals surface area contributed by atoms with Crippen LogP contribution in [0.5, 0.6) is 0 Å². The Kier molecular flexibility index (Phi) is 34.2. The first-order valence-corrected chi connectivity index (χ1v) is 22.3. The summed E-state index contributed by atoms with van der Waals surface area (Å²) >= 11 is 0. The van der Waals surface area contributed by atoms with Gasteiger partial charge in [-0.25, -0.2) is 0 Å². The largest absolute Gasteiger partial charge is 0.756 e. The fourth-order valence-corrected chi connectivity index (χ4v) is 6.87. The van der Waals surface area contributed by atoms with Crippen molar-refractivity contribution in [2.24, 2.45) is 0 Å². The summed E-state index contributed by atoms with van der Waals surface area (Å²) in [6.45, 7) is 5.84. The third-order valence-corrected chi connectivity index (χ3v) is 10.3. The van der Waals surface area contributed by atoms with Crippen molar-refractivity contribution in [2.75, 3.05) is 54.1 Å². The molecular formula is C40H83N2O6P. The van der Waals surface area contributed by atoms with Crippen LogP contribution in [0.1, 0.15) is 194 Å². The Morgan fingerprint density at radius 3 is 1.41 bits per heavy atom. The van der Waals surface area contributed by atoms with Crippen LogP contribution in [-0.4, -0.2) is 70.5 Å². The Hall–Kier alpha value is -0.500. The molecule has 1 N–H and O–H groups in total. The molecule has 0 aromatic carbocycles. The third kappa shape index (κ3) is 38.6. The van der Waals surface area contributed by atoms with Crippen LogP contribution >= 0.6 is 7.82 Å². The van der Waals surface area contributed by atoms with E-state index in [1.807, 2.05) is 21.1 Å². The van der Waals surface area contributed by atoms with Crippen molar-refractivity contribution in [1.82, 2.24) is 5.32 Å². The molecule has 0 radical (unpaired) electrons. The van der Waals surface area contributed by atoms with E-state index in [2.05, 4.69) is 19.2 Å².